The van der Waals surface area contributed by atoms with Gasteiger partial charge in [-0.3, -0.25) is 0 Å². The molecule has 100 valence electrons. The van der Waals surface area contributed by atoms with Crippen LogP contribution in [0.5, 0.6) is 0 Å². The number of carboxylic acids is 1. The number of urea groups is 1. The Morgan fingerprint density at radius 1 is 1.24 bits per heavy atom. The van der Waals surface area contributed by atoms with E-state index in [4.69, 9.17) is 5.11 Å². The third kappa shape index (κ3) is 5.56. The number of carbonyl (C=O) groups is 2. The minimum Gasteiger partial charge on any atom is -0.480 e. The van der Waals surface area contributed by atoms with E-state index in [-0.39, 0.29) is 12.1 Å². The molecule has 0 radical (unpaired) electrons. The van der Waals surface area contributed by atoms with E-state index in [1.54, 1.807) is 4.90 Å². The largest absolute Gasteiger partial charge is 0.480 e. The van der Waals surface area contributed by atoms with E-state index in [2.05, 4.69) is 5.32 Å². The standard InChI is InChI=1S/C12H24N2O3/c1-5-7-10(11(15)16)13-12(17)14(8-6-2)9(3)4/h9-10H,5-8H2,1-4H3,(H,13,17)(H,15,16)/t10-/m1/s1. The van der Waals surface area contributed by atoms with Crippen molar-refractivity contribution in [3.63, 3.8) is 0 Å². The highest BCUT2D eigenvalue weighted by Crippen LogP contribution is 2.03. The lowest BCUT2D eigenvalue weighted by atomic mass is 10.2. The predicted octanol–water partition coefficient (Wildman–Crippen LogP) is 2.07. The molecule has 0 saturated heterocycles. The second-order valence-corrected chi connectivity index (χ2v) is 4.42. The molecule has 5 nitrogen and oxygen atoms in total. The van der Waals surface area contributed by atoms with E-state index >= 15 is 0 Å². The van der Waals surface area contributed by atoms with Gasteiger partial charge in [-0.05, 0) is 26.7 Å². The van der Waals surface area contributed by atoms with Gasteiger partial charge in [0.05, 0.1) is 0 Å². The molecule has 5 heteroatoms. The van der Waals surface area contributed by atoms with Gasteiger partial charge in [0.25, 0.3) is 0 Å². The fourth-order valence-electron chi connectivity index (χ4n) is 1.61. The normalized spacial score (nSPS) is 12.3. The Morgan fingerprint density at radius 3 is 2.18 bits per heavy atom. The van der Waals surface area contributed by atoms with Gasteiger partial charge in [-0.2, -0.15) is 0 Å². The smallest absolute Gasteiger partial charge is 0.326 e. The van der Waals surface area contributed by atoms with Crippen molar-refractivity contribution in [1.82, 2.24) is 10.2 Å². The number of nitrogens with zero attached hydrogens (tertiary/aromatic N) is 1. The van der Waals surface area contributed by atoms with Crippen molar-refractivity contribution in [2.24, 2.45) is 0 Å². The zero-order valence-electron chi connectivity index (χ0n) is 11.2. The lowest BCUT2D eigenvalue weighted by Crippen LogP contribution is -2.50. The first-order valence-electron chi connectivity index (χ1n) is 6.23. The highest BCUT2D eigenvalue weighted by Gasteiger charge is 2.23. The van der Waals surface area contributed by atoms with Crippen molar-refractivity contribution >= 4 is 12.0 Å². The number of carbonyl (C=O) groups excluding carboxylic acids is 1. The van der Waals surface area contributed by atoms with Crippen LogP contribution >= 0.6 is 0 Å². The molecule has 0 saturated carbocycles. The molecule has 0 aromatic carbocycles. The Balaban J connectivity index is 4.50. The van der Waals surface area contributed by atoms with E-state index in [9.17, 15) is 9.59 Å². The number of nitrogens with one attached hydrogen (secondary N) is 1. The van der Waals surface area contributed by atoms with Crippen LogP contribution in [0.4, 0.5) is 4.79 Å². The third-order valence-electron chi connectivity index (χ3n) is 2.52. The molecule has 0 aliphatic rings. The van der Waals surface area contributed by atoms with Crippen molar-refractivity contribution in [3.05, 3.63) is 0 Å². The van der Waals surface area contributed by atoms with E-state index in [1.165, 1.54) is 0 Å². The van der Waals surface area contributed by atoms with Gasteiger partial charge in [0.1, 0.15) is 6.04 Å². The van der Waals surface area contributed by atoms with Gasteiger partial charge in [0.2, 0.25) is 0 Å². The third-order valence-corrected chi connectivity index (χ3v) is 2.52. The molecular formula is C12H24N2O3. The maximum absolute atomic E-state index is 11.9. The summed E-state index contributed by atoms with van der Waals surface area (Å²) in [7, 11) is 0. The van der Waals surface area contributed by atoms with Crippen LogP contribution in [-0.4, -0.2) is 40.6 Å². The number of carboxylic acid groups (broad SMARTS) is 1. The molecule has 0 rings (SSSR count). The van der Waals surface area contributed by atoms with Crippen molar-refractivity contribution in [2.75, 3.05) is 6.54 Å². The molecule has 0 spiro atoms. The summed E-state index contributed by atoms with van der Waals surface area (Å²) in [6.45, 7) is 8.37. The van der Waals surface area contributed by atoms with Gasteiger partial charge >= 0.3 is 12.0 Å². The zero-order valence-corrected chi connectivity index (χ0v) is 11.2. The quantitative estimate of drug-likeness (QED) is 0.720. The number of hydrogen-bond acceptors (Lipinski definition) is 2. The summed E-state index contributed by atoms with van der Waals surface area (Å²) in [5.74, 6) is -0.972. The first-order valence-corrected chi connectivity index (χ1v) is 6.23. The number of amides is 2. The van der Waals surface area contributed by atoms with Crippen LogP contribution in [0.1, 0.15) is 47.0 Å². The average molecular weight is 244 g/mol. The van der Waals surface area contributed by atoms with Crippen LogP contribution in [0, 0.1) is 0 Å². The molecule has 0 aromatic rings. The lowest BCUT2D eigenvalue weighted by molar-refractivity contribution is -0.139. The molecule has 0 aliphatic carbocycles. The fraction of sp³-hybridized carbons (Fsp3) is 0.833. The van der Waals surface area contributed by atoms with E-state index < -0.39 is 12.0 Å². The van der Waals surface area contributed by atoms with Crippen LogP contribution in [0.2, 0.25) is 0 Å². The van der Waals surface area contributed by atoms with E-state index in [0.717, 1.165) is 12.8 Å². The molecule has 0 aliphatic heterocycles. The second kappa shape index (κ2) is 7.92. The summed E-state index contributed by atoms with van der Waals surface area (Å²) in [4.78, 5) is 24.5. The molecule has 0 fully saturated rings. The van der Waals surface area contributed by atoms with Gasteiger partial charge in [-0.15, -0.1) is 0 Å². The molecular weight excluding hydrogens is 220 g/mol. The molecule has 17 heavy (non-hydrogen) atoms. The van der Waals surface area contributed by atoms with Crippen molar-refractivity contribution in [3.8, 4) is 0 Å². The summed E-state index contributed by atoms with van der Waals surface area (Å²) in [6.07, 6.45) is 2.04. The van der Waals surface area contributed by atoms with E-state index in [1.807, 2.05) is 27.7 Å². The highest BCUT2D eigenvalue weighted by molar-refractivity contribution is 5.82. The minimum absolute atomic E-state index is 0.0750. The topological polar surface area (TPSA) is 69.6 Å². The Bertz CT molecular complexity index is 254. The van der Waals surface area contributed by atoms with Gasteiger partial charge in [-0.1, -0.05) is 20.3 Å². The highest BCUT2D eigenvalue weighted by atomic mass is 16.4. The van der Waals surface area contributed by atoms with Gasteiger partial charge in [0.15, 0.2) is 0 Å². The average Bonchev–Trinajstić information content (AvgIpc) is 2.24. The van der Waals surface area contributed by atoms with Gasteiger partial charge in [-0.25, -0.2) is 9.59 Å². The van der Waals surface area contributed by atoms with Crippen LogP contribution in [0.15, 0.2) is 0 Å². The first-order chi connectivity index (χ1) is 7.93. The SMILES string of the molecule is CCC[C@@H](NC(=O)N(CCC)C(C)C)C(=O)O. The molecule has 0 unspecified atom stereocenters. The molecule has 1 atom stereocenters. The summed E-state index contributed by atoms with van der Waals surface area (Å²) in [6, 6.07) is -1.00. The maximum atomic E-state index is 11.9. The van der Waals surface area contributed by atoms with Crippen molar-refractivity contribution in [1.29, 1.82) is 0 Å². The summed E-state index contributed by atoms with van der Waals surface area (Å²) in [5, 5.41) is 11.5. The van der Waals surface area contributed by atoms with Gasteiger partial charge < -0.3 is 15.3 Å². The summed E-state index contributed by atoms with van der Waals surface area (Å²) >= 11 is 0. The second-order valence-electron chi connectivity index (χ2n) is 4.42. The molecule has 0 aromatic heterocycles. The fourth-order valence-corrected chi connectivity index (χ4v) is 1.61. The Kier molecular flexibility index (Phi) is 7.34. The molecule has 0 bridgehead atoms. The summed E-state index contributed by atoms with van der Waals surface area (Å²) < 4.78 is 0. The van der Waals surface area contributed by atoms with Crippen LogP contribution in [0.3, 0.4) is 0 Å². The number of aliphatic carboxylic acids is 1. The van der Waals surface area contributed by atoms with Crippen LogP contribution in [0.25, 0.3) is 0 Å². The number of rotatable bonds is 7. The monoisotopic (exact) mass is 244 g/mol. The first kappa shape index (κ1) is 15.7. The Labute approximate surface area is 103 Å². The minimum atomic E-state index is -0.972. The maximum Gasteiger partial charge on any atom is 0.326 e. The summed E-state index contributed by atoms with van der Waals surface area (Å²) in [5.41, 5.74) is 0. The Hall–Kier alpha value is -1.26. The predicted molar refractivity (Wildman–Crippen MR) is 67.0 cm³/mol. The lowest BCUT2D eigenvalue weighted by Gasteiger charge is -2.28. The van der Waals surface area contributed by atoms with Crippen LogP contribution in [-0.2, 0) is 4.79 Å². The molecule has 2 amide bonds. The molecule has 0 heterocycles. The van der Waals surface area contributed by atoms with Crippen molar-refractivity contribution < 1.29 is 14.7 Å². The van der Waals surface area contributed by atoms with Crippen molar-refractivity contribution in [2.45, 2.75) is 59.0 Å². The van der Waals surface area contributed by atoms with Gasteiger partial charge in [0, 0.05) is 12.6 Å². The zero-order chi connectivity index (χ0) is 13.4. The Morgan fingerprint density at radius 2 is 1.82 bits per heavy atom. The van der Waals surface area contributed by atoms with Crippen LogP contribution < -0.4 is 5.32 Å². The number of hydrogen-bond donors (Lipinski definition) is 2. The molecule has 2 N–H and O–H groups in total. The van der Waals surface area contributed by atoms with E-state index in [0.29, 0.717) is 13.0 Å².